The number of nitrogens with zero attached hydrogens (tertiary/aromatic N) is 1. The van der Waals surface area contributed by atoms with Crippen molar-refractivity contribution in [2.24, 2.45) is 5.14 Å². The second kappa shape index (κ2) is 8.33. The molecule has 0 radical (unpaired) electrons. The van der Waals surface area contributed by atoms with Gasteiger partial charge in [-0.05, 0) is 25.0 Å². The molecule has 0 aromatic heterocycles. The first-order valence-electron chi connectivity index (χ1n) is 6.68. The number of ether oxygens (including phenoxy) is 1. The highest BCUT2D eigenvalue weighted by atomic mass is 35.5. The molecule has 0 aliphatic carbocycles. The van der Waals surface area contributed by atoms with E-state index in [0.717, 1.165) is 25.9 Å². The molecule has 0 bridgehead atoms. The molecule has 0 saturated carbocycles. The molecule has 1 aliphatic heterocycles. The minimum Gasteiger partial charge on any atom is -0.490 e. The number of halogens is 2. The zero-order chi connectivity index (χ0) is 15.5. The molecule has 0 atom stereocenters. The molecule has 1 heterocycles. The van der Waals surface area contributed by atoms with Crippen molar-refractivity contribution in [3.63, 3.8) is 0 Å². The van der Waals surface area contributed by atoms with Crippen LogP contribution in [0.2, 0.25) is 10.0 Å². The van der Waals surface area contributed by atoms with Crippen molar-refractivity contribution in [1.29, 1.82) is 0 Å². The van der Waals surface area contributed by atoms with E-state index in [4.69, 9.17) is 33.1 Å². The highest BCUT2D eigenvalue weighted by Crippen LogP contribution is 2.28. The SMILES string of the molecule is N.NS(=O)(=O)CCN1CCC(Oc2ccc(Cl)c(Cl)c2)CC1. The van der Waals surface area contributed by atoms with Crippen LogP contribution in [0.4, 0.5) is 0 Å². The van der Waals surface area contributed by atoms with Crippen LogP contribution in [0.5, 0.6) is 5.75 Å². The van der Waals surface area contributed by atoms with Crippen LogP contribution in [0.1, 0.15) is 12.8 Å². The Morgan fingerprint density at radius 1 is 1.23 bits per heavy atom. The number of likely N-dealkylation sites (tertiary alicyclic amines) is 1. The first-order chi connectivity index (χ1) is 9.83. The topological polar surface area (TPSA) is 108 Å². The number of nitrogens with two attached hydrogens (primary N) is 1. The number of benzene rings is 1. The van der Waals surface area contributed by atoms with Crippen LogP contribution in [-0.2, 0) is 10.0 Å². The Kier molecular flexibility index (Phi) is 7.37. The molecule has 1 aliphatic rings. The molecule has 9 heteroatoms. The number of rotatable bonds is 5. The summed E-state index contributed by atoms with van der Waals surface area (Å²) >= 11 is 11.8. The highest BCUT2D eigenvalue weighted by Gasteiger charge is 2.21. The first kappa shape index (κ1) is 19.5. The van der Waals surface area contributed by atoms with E-state index in [0.29, 0.717) is 22.3 Å². The zero-order valence-corrected chi connectivity index (χ0v) is 14.5. The lowest BCUT2D eigenvalue weighted by atomic mass is 10.1. The molecule has 1 aromatic carbocycles. The maximum absolute atomic E-state index is 10.9. The van der Waals surface area contributed by atoms with Crippen LogP contribution in [0, 0.1) is 0 Å². The van der Waals surface area contributed by atoms with E-state index in [1.807, 2.05) is 0 Å². The van der Waals surface area contributed by atoms with Crippen molar-refractivity contribution < 1.29 is 13.2 Å². The van der Waals surface area contributed by atoms with E-state index in [1.54, 1.807) is 18.2 Å². The minimum absolute atomic E-state index is 0. The third kappa shape index (κ3) is 6.28. The fourth-order valence-corrected chi connectivity index (χ4v) is 3.05. The van der Waals surface area contributed by atoms with E-state index < -0.39 is 10.0 Å². The molecule has 1 fully saturated rings. The normalized spacial score (nSPS) is 17.0. The summed E-state index contributed by atoms with van der Waals surface area (Å²) in [5, 5.41) is 5.98. The number of hydrogen-bond acceptors (Lipinski definition) is 5. The van der Waals surface area contributed by atoms with E-state index >= 15 is 0 Å². The van der Waals surface area contributed by atoms with Crippen LogP contribution in [0.15, 0.2) is 18.2 Å². The predicted octanol–water partition coefficient (Wildman–Crippen LogP) is 2.29. The third-order valence-corrected chi connectivity index (χ3v) is 4.91. The standard InChI is InChI=1S/C13H18Cl2N2O3S.H3N/c14-12-2-1-11(9-13(12)15)20-10-3-5-17(6-4-10)7-8-21(16,18)19;/h1-2,9-10H,3-8H2,(H2,16,18,19);1H3. The van der Waals surface area contributed by atoms with Crippen molar-refractivity contribution in [3.05, 3.63) is 28.2 Å². The van der Waals surface area contributed by atoms with Crippen LogP contribution in [0.3, 0.4) is 0 Å². The summed E-state index contributed by atoms with van der Waals surface area (Å²) in [5.74, 6) is 0.693. The highest BCUT2D eigenvalue weighted by molar-refractivity contribution is 7.89. The van der Waals surface area contributed by atoms with E-state index in [-0.39, 0.29) is 18.0 Å². The Morgan fingerprint density at radius 2 is 1.86 bits per heavy atom. The number of piperidine rings is 1. The monoisotopic (exact) mass is 369 g/mol. The van der Waals surface area contributed by atoms with Gasteiger partial charge in [0.2, 0.25) is 10.0 Å². The number of primary sulfonamides is 1. The summed E-state index contributed by atoms with van der Waals surface area (Å²) in [5.41, 5.74) is 0. The predicted molar refractivity (Wildman–Crippen MR) is 89.5 cm³/mol. The van der Waals surface area contributed by atoms with Crippen molar-refractivity contribution in [2.75, 3.05) is 25.4 Å². The Balaban J connectivity index is 0.00000242. The van der Waals surface area contributed by atoms with Gasteiger partial charge >= 0.3 is 0 Å². The van der Waals surface area contributed by atoms with Crippen molar-refractivity contribution >= 4 is 33.2 Å². The van der Waals surface area contributed by atoms with Gasteiger partial charge in [-0.3, -0.25) is 0 Å². The summed E-state index contributed by atoms with van der Waals surface area (Å²) in [6, 6.07) is 5.21. The molecule has 0 spiro atoms. The smallest absolute Gasteiger partial charge is 0.210 e. The molecule has 6 nitrogen and oxygen atoms in total. The van der Waals surface area contributed by atoms with Crippen molar-refractivity contribution in [1.82, 2.24) is 11.1 Å². The second-order valence-corrected chi connectivity index (χ2v) is 7.65. The summed E-state index contributed by atoms with van der Waals surface area (Å²) in [6.07, 6.45) is 1.78. The van der Waals surface area contributed by atoms with Gasteiger partial charge in [0.15, 0.2) is 0 Å². The van der Waals surface area contributed by atoms with Crippen LogP contribution in [0.25, 0.3) is 0 Å². The largest absolute Gasteiger partial charge is 0.490 e. The molecular weight excluding hydrogens is 349 g/mol. The van der Waals surface area contributed by atoms with Crippen molar-refractivity contribution in [3.8, 4) is 5.75 Å². The number of sulfonamides is 1. The molecular formula is C13H21Cl2N3O3S. The van der Waals surface area contributed by atoms with Gasteiger partial charge in [-0.15, -0.1) is 0 Å². The fourth-order valence-electron chi connectivity index (χ4n) is 2.25. The molecule has 1 saturated heterocycles. The molecule has 5 N–H and O–H groups in total. The Labute approximate surface area is 141 Å². The maximum atomic E-state index is 10.9. The second-order valence-electron chi connectivity index (χ2n) is 5.10. The van der Waals surface area contributed by atoms with E-state index in [1.165, 1.54) is 0 Å². The van der Waals surface area contributed by atoms with Gasteiger partial charge < -0.3 is 15.8 Å². The quantitative estimate of drug-likeness (QED) is 0.827. The van der Waals surface area contributed by atoms with Crippen LogP contribution in [-0.4, -0.2) is 44.8 Å². The molecule has 126 valence electrons. The Bertz CT molecular complexity index is 590. The van der Waals surface area contributed by atoms with E-state index in [2.05, 4.69) is 4.90 Å². The zero-order valence-electron chi connectivity index (χ0n) is 12.2. The minimum atomic E-state index is -3.39. The van der Waals surface area contributed by atoms with Gasteiger partial charge in [-0.2, -0.15) is 0 Å². The summed E-state index contributed by atoms with van der Waals surface area (Å²) < 4.78 is 27.8. The Hall–Kier alpha value is -0.570. The summed E-state index contributed by atoms with van der Waals surface area (Å²) in [4.78, 5) is 2.08. The first-order valence-corrected chi connectivity index (χ1v) is 9.15. The molecule has 1 aromatic rings. The van der Waals surface area contributed by atoms with Gasteiger partial charge in [-0.1, -0.05) is 23.2 Å². The van der Waals surface area contributed by atoms with Crippen LogP contribution < -0.4 is 16.0 Å². The van der Waals surface area contributed by atoms with E-state index in [9.17, 15) is 8.42 Å². The van der Waals surface area contributed by atoms with Crippen molar-refractivity contribution in [2.45, 2.75) is 18.9 Å². The van der Waals surface area contributed by atoms with Gasteiger partial charge in [-0.25, -0.2) is 13.6 Å². The average molecular weight is 370 g/mol. The van der Waals surface area contributed by atoms with Gasteiger partial charge in [0.05, 0.1) is 15.8 Å². The average Bonchev–Trinajstić information content (AvgIpc) is 2.41. The summed E-state index contributed by atoms with van der Waals surface area (Å²) in [6.45, 7) is 2.06. The fraction of sp³-hybridized carbons (Fsp3) is 0.538. The molecule has 22 heavy (non-hydrogen) atoms. The molecule has 2 rings (SSSR count). The van der Waals surface area contributed by atoms with Gasteiger partial charge in [0.1, 0.15) is 11.9 Å². The molecule has 0 amide bonds. The lowest BCUT2D eigenvalue weighted by Gasteiger charge is -2.31. The number of hydrogen-bond donors (Lipinski definition) is 2. The lowest BCUT2D eigenvalue weighted by molar-refractivity contribution is 0.104. The van der Waals surface area contributed by atoms with Crippen LogP contribution >= 0.6 is 23.2 Å². The third-order valence-electron chi connectivity index (χ3n) is 3.42. The summed E-state index contributed by atoms with van der Waals surface area (Å²) in [7, 11) is -3.39. The lowest BCUT2D eigenvalue weighted by Crippen LogP contribution is -2.41. The van der Waals surface area contributed by atoms with Gasteiger partial charge in [0, 0.05) is 25.7 Å². The van der Waals surface area contributed by atoms with Gasteiger partial charge in [0.25, 0.3) is 0 Å². The maximum Gasteiger partial charge on any atom is 0.210 e. The molecule has 0 unspecified atom stereocenters. The Morgan fingerprint density at radius 3 is 2.41 bits per heavy atom.